The first-order chi connectivity index (χ1) is 12.7. The summed E-state index contributed by atoms with van der Waals surface area (Å²) in [6, 6.07) is 2.49. The van der Waals surface area contributed by atoms with E-state index in [0.29, 0.717) is 31.6 Å². The van der Waals surface area contributed by atoms with Gasteiger partial charge in [-0.1, -0.05) is 18.2 Å². The molecule has 1 aromatic heterocycles. The fourth-order valence-electron chi connectivity index (χ4n) is 3.39. The van der Waals surface area contributed by atoms with Gasteiger partial charge < -0.3 is 9.64 Å². The van der Waals surface area contributed by atoms with Gasteiger partial charge in [-0.2, -0.15) is 0 Å². The zero-order valence-electron chi connectivity index (χ0n) is 15.2. The van der Waals surface area contributed by atoms with Crippen molar-refractivity contribution in [2.24, 2.45) is 0 Å². The molecule has 144 valence electrons. The van der Waals surface area contributed by atoms with Gasteiger partial charge in [-0.15, -0.1) is 0 Å². The molecule has 0 atom stereocenters. The van der Waals surface area contributed by atoms with Crippen LogP contribution in [0.3, 0.4) is 0 Å². The lowest BCUT2D eigenvalue weighted by molar-refractivity contribution is 0.0236. The SMILES string of the molecule is C=C1N(C(C)C)C(=O)OC12CCN(C(=O)NC(=O)c1cccnc1Cl)CC2. The molecule has 1 aromatic rings. The number of rotatable bonds is 2. The van der Waals surface area contributed by atoms with Crippen molar-refractivity contribution in [1.29, 1.82) is 0 Å². The average molecular weight is 393 g/mol. The van der Waals surface area contributed by atoms with Crippen molar-refractivity contribution in [3.63, 3.8) is 0 Å². The van der Waals surface area contributed by atoms with Crippen molar-refractivity contribution in [3.8, 4) is 0 Å². The highest BCUT2D eigenvalue weighted by Gasteiger charge is 2.51. The van der Waals surface area contributed by atoms with Gasteiger partial charge in [0.15, 0.2) is 5.60 Å². The van der Waals surface area contributed by atoms with Crippen molar-refractivity contribution in [2.75, 3.05) is 13.1 Å². The number of pyridine rings is 1. The maximum absolute atomic E-state index is 12.4. The molecule has 0 aliphatic carbocycles. The predicted molar refractivity (Wildman–Crippen MR) is 98.2 cm³/mol. The van der Waals surface area contributed by atoms with E-state index in [9.17, 15) is 14.4 Å². The molecule has 0 bridgehead atoms. The Labute approximate surface area is 162 Å². The smallest absolute Gasteiger partial charge is 0.415 e. The third-order valence-electron chi connectivity index (χ3n) is 4.90. The lowest BCUT2D eigenvalue weighted by Gasteiger charge is -2.38. The highest BCUT2D eigenvalue weighted by Crippen LogP contribution is 2.41. The molecule has 1 spiro atoms. The number of carbonyl (C=O) groups is 3. The minimum atomic E-state index is -0.783. The van der Waals surface area contributed by atoms with Gasteiger partial charge >= 0.3 is 12.1 Å². The molecule has 2 aliphatic heterocycles. The van der Waals surface area contributed by atoms with Crippen LogP contribution in [0.5, 0.6) is 0 Å². The van der Waals surface area contributed by atoms with Gasteiger partial charge in [0.25, 0.3) is 5.91 Å². The van der Waals surface area contributed by atoms with Crippen LogP contribution < -0.4 is 5.32 Å². The van der Waals surface area contributed by atoms with Gasteiger partial charge in [0.2, 0.25) is 0 Å². The summed E-state index contributed by atoms with van der Waals surface area (Å²) in [6.07, 6.45) is 1.90. The molecular formula is C18H21ClN4O4. The minimum Gasteiger partial charge on any atom is -0.436 e. The number of hydrogen-bond donors (Lipinski definition) is 1. The van der Waals surface area contributed by atoms with E-state index >= 15 is 0 Å². The molecule has 9 heteroatoms. The number of halogens is 1. The molecule has 0 aromatic carbocycles. The second kappa shape index (κ2) is 7.19. The van der Waals surface area contributed by atoms with Crippen molar-refractivity contribution in [3.05, 3.63) is 41.3 Å². The summed E-state index contributed by atoms with van der Waals surface area (Å²) in [6.45, 7) is 8.48. The summed E-state index contributed by atoms with van der Waals surface area (Å²) in [5.74, 6) is -0.610. The van der Waals surface area contributed by atoms with Crippen LogP contribution in [0, 0.1) is 0 Å². The minimum absolute atomic E-state index is 0.0309. The Hall–Kier alpha value is -2.61. The van der Waals surface area contributed by atoms with Gasteiger partial charge in [0, 0.05) is 38.2 Å². The lowest BCUT2D eigenvalue weighted by Crippen LogP contribution is -2.51. The highest BCUT2D eigenvalue weighted by atomic mass is 35.5. The molecule has 0 radical (unpaired) electrons. The number of carbonyl (C=O) groups excluding carboxylic acids is 3. The fourth-order valence-corrected chi connectivity index (χ4v) is 3.59. The van der Waals surface area contributed by atoms with E-state index < -0.39 is 23.6 Å². The molecule has 2 saturated heterocycles. The fraction of sp³-hybridized carbons (Fsp3) is 0.444. The summed E-state index contributed by atoms with van der Waals surface area (Å²) in [4.78, 5) is 43.6. The van der Waals surface area contributed by atoms with E-state index in [2.05, 4.69) is 16.9 Å². The number of aromatic nitrogens is 1. The normalized spacial score (nSPS) is 18.8. The van der Waals surface area contributed by atoms with Gasteiger partial charge in [-0.3, -0.25) is 15.0 Å². The number of ether oxygens (including phenoxy) is 1. The summed E-state index contributed by atoms with van der Waals surface area (Å²) < 4.78 is 5.61. The number of piperidine rings is 1. The van der Waals surface area contributed by atoms with Crippen LogP contribution in [0.2, 0.25) is 5.15 Å². The first-order valence-electron chi connectivity index (χ1n) is 8.67. The zero-order valence-corrected chi connectivity index (χ0v) is 16.0. The van der Waals surface area contributed by atoms with Crippen LogP contribution in [0.25, 0.3) is 0 Å². The first kappa shape index (κ1) is 19.2. The van der Waals surface area contributed by atoms with Crippen molar-refractivity contribution in [2.45, 2.75) is 38.3 Å². The van der Waals surface area contributed by atoms with E-state index in [1.807, 2.05) is 13.8 Å². The summed E-state index contributed by atoms with van der Waals surface area (Å²) >= 11 is 5.88. The highest BCUT2D eigenvalue weighted by molar-refractivity contribution is 6.33. The summed E-state index contributed by atoms with van der Waals surface area (Å²) in [5, 5.41) is 2.35. The molecule has 0 saturated carbocycles. The van der Waals surface area contributed by atoms with Gasteiger partial charge in [-0.05, 0) is 26.0 Å². The maximum Gasteiger partial charge on any atom is 0.415 e. The molecule has 4 amide bonds. The molecule has 2 aliphatic rings. The Morgan fingerprint density at radius 3 is 2.59 bits per heavy atom. The van der Waals surface area contributed by atoms with E-state index in [4.69, 9.17) is 16.3 Å². The number of amides is 4. The number of hydrogen-bond acceptors (Lipinski definition) is 5. The largest absolute Gasteiger partial charge is 0.436 e. The molecule has 8 nitrogen and oxygen atoms in total. The Bertz CT molecular complexity index is 802. The van der Waals surface area contributed by atoms with Crippen molar-refractivity contribution >= 4 is 29.6 Å². The third-order valence-corrected chi connectivity index (χ3v) is 5.20. The molecule has 3 rings (SSSR count). The Morgan fingerprint density at radius 1 is 1.37 bits per heavy atom. The van der Waals surface area contributed by atoms with Crippen molar-refractivity contribution in [1.82, 2.24) is 20.1 Å². The van der Waals surface area contributed by atoms with Crippen LogP contribution in [-0.2, 0) is 4.74 Å². The van der Waals surface area contributed by atoms with E-state index in [-0.39, 0.29) is 16.8 Å². The number of imide groups is 1. The molecule has 3 heterocycles. The average Bonchev–Trinajstić information content (AvgIpc) is 2.85. The quantitative estimate of drug-likeness (QED) is 0.781. The van der Waals surface area contributed by atoms with Crippen LogP contribution in [0.1, 0.15) is 37.0 Å². The maximum atomic E-state index is 12.4. The number of urea groups is 1. The third kappa shape index (κ3) is 3.49. The summed E-state index contributed by atoms with van der Waals surface area (Å²) in [5.41, 5.74) is -0.0260. The first-order valence-corrected chi connectivity index (χ1v) is 9.05. The van der Waals surface area contributed by atoms with Crippen LogP contribution >= 0.6 is 11.6 Å². The lowest BCUT2D eigenvalue weighted by atomic mass is 9.88. The summed E-state index contributed by atoms with van der Waals surface area (Å²) in [7, 11) is 0. The second-order valence-electron chi connectivity index (χ2n) is 6.86. The Morgan fingerprint density at radius 2 is 2.04 bits per heavy atom. The van der Waals surface area contributed by atoms with Crippen LogP contribution in [0.15, 0.2) is 30.6 Å². The number of likely N-dealkylation sites (tertiary alicyclic amines) is 1. The molecular weight excluding hydrogens is 372 g/mol. The topological polar surface area (TPSA) is 91.8 Å². The van der Waals surface area contributed by atoms with Crippen LogP contribution in [0.4, 0.5) is 9.59 Å². The monoisotopic (exact) mass is 392 g/mol. The number of nitrogens with one attached hydrogen (secondary N) is 1. The molecule has 0 unspecified atom stereocenters. The molecule has 1 N–H and O–H groups in total. The number of nitrogens with zero attached hydrogens (tertiary/aromatic N) is 3. The second-order valence-corrected chi connectivity index (χ2v) is 7.22. The van der Waals surface area contributed by atoms with E-state index in [1.54, 1.807) is 11.0 Å². The predicted octanol–water partition coefficient (Wildman–Crippen LogP) is 2.79. The molecule has 27 heavy (non-hydrogen) atoms. The van der Waals surface area contributed by atoms with E-state index in [1.165, 1.54) is 17.2 Å². The van der Waals surface area contributed by atoms with Gasteiger partial charge in [-0.25, -0.2) is 14.6 Å². The van der Waals surface area contributed by atoms with Crippen LogP contribution in [-0.4, -0.2) is 57.5 Å². The molecule has 2 fully saturated rings. The zero-order chi connectivity index (χ0) is 19.8. The van der Waals surface area contributed by atoms with Crippen molar-refractivity contribution < 1.29 is 19.1 Å². The Balaban J connectivity index is 1.62. The Kier molecular flexibility index (Phi) is 5.10. The van der Waals surface area contributed by atoms with E-state index in [0.717, 1.165) is 0 Å². The standard InChI is InChI=1S/C18H21ClN4O4/c1-11(2)23-12(3)18(27-17(23)26)6-9-22(10-7-18)16(25)21-15(24)13-5-4-8-20-14(13)19/h4-5,8,11H,3,6-7,9-10H2,1-2H3,(H,21,24,25). The van der Waals surface area contributed by atoms with Gasteiger partial charge in [0.1, 0.15) is 5.15 Å². The van der Waals surface area contributed by atoms with Gasteiger partial charge in [0.05, 0.1) is 11.3 Å².